The summed E-state index contributed by atoms with van der Waals surface area (Å²) in [6, 6.07) is 5.90. The molecule has 4 heteroatoms. The predicted molar refractivity (Wildman–Crippen MR) is 78.6 cm³/mol. The quantitative estimate of drug-likeness (QED) is 0.816. The van der Waals surface area contributed by atoms with Gasteiger partial charge in [0.05, 0.1) is 6.20 Å². The summed E-state index contributed by atoms with van der Waals surface area (Å²) >= 11 is 6.12. The van der Waals surface area contributed by atoms with Gasteiger partial charge in [-0.2, -0.15) is 0 Å². The van der Waals surface area contributed by atoms with Crippen molar-refractivity contribution in [2.75, 3.05) is 13.1 Å². The molecule has 0 aliphatic rings. The Labute approximate surface area is 119 Å². The molecule has 0 saturated heterocycles. The van der Waals surface area contributed by atoms with Crippen molar-refractivity contribution in [2.24, 2.45) is 0 Å². The van der Waals surface area contributed by atoms with Crippen molar-refractivity contribution in [1.29, 1.82) is 0 Å². The molecule has 0 radical (unpaired) electrons. The first-order valence-corrected chi connectivity index (χ1v) is 7.00. The number of aromatic nitrogens is 1. The number of rotatable bonds is 6. The highest BCUT2D eigenvalue weighted by Crippen LogP contribution is 2.25. The molecule has 0 bridgehead atoms. The standard InChI is InChI=1S/C15H19ClN2O/c1-3-7-17-8-6-15-18-10-14(19-15)12-5-4-11(2)13(16)9-12/h4-5,9-10,17H,3,6-8H2,1-2H3. The summed E-state index contributed by atoms with van der Waals surface area (Å²) in [7, 11) is 0. The number of halogens is 1. The van der Waals surface area contributed by atoms with Crippen molar-refractivity contribution in [3.05, 3.63) is 40.9 Å². The van der Waals surface area contributed by atoms with Gasteiger partial charge in [-0.25, -0.2) is 4.98 Å². The fraction of sp³-hybridized carbons (Fsp3) is 0.400. The first-order chi connectivity index (χ1) is 9.20. The van der Waals surface area contributed by atoms with E-state index < -0.39 is 0 Å². The average molecular weight is 279 g/mol. The van der Waals surface area contributed by atoms with Crippen LogP contribution in [0.25, 0.3) is 11.3 Å². The molecule has 0 spiro atoms. The van der Waals surface area contributed by atoms with E-state index in [1.165, 1.54) is 0 Å². The van der Waals surface area contributed by atoms with E-state index >= 15 is 0 Å². The van der Waals surface area contributed by atoms with Crippen LogP contribution in [0.5, 0.6) is 0 Å². The molecule has 0 unspecified atom stereocenters. The van der Waals surface area contributed by atoms with Crippen LogP contribution in [0.3, 0.4) is 0 Å². The summed E-state index contributed by atoms with van der Waals surface area (Å²) in [4.78, 5) is 4.29. The minimum atomic E-state index is 0.750. The van der Waals surface area contributed by atoms with Gasteiger partial charge in [0.1, 0.15) is 0 Å². The Morgan fingerprint density at radius 2 is 2.16 bits per heavy atom. The van der Waals surface area contributed by atoms with Crippen molar-refractivity contribution in [2.45, 2.75) is 26.7 Å². The lowest BCUT2D eigenvalue weighted by Crippen LogP contribution is -2.17. The van der Waals surface area contributed by atoms with Crippen molar-refractivity contribution < 1.29 is 4.42 Å². The Kier molecular flexibility index (Phi) is 5.00. The topological polar surface area (TPSA) is 38.1 Å². The third-order valence-electron chi connectivity index (χ3n) is 2.95. The molecule has 2 rings (SSSR count). The number of hydrogen-bond acceptors (Lipinski definition) is 3. The smallest absolute Gasteiger partial charge is 0.196 e. The second-order valence-corrected chi connectivity index (χ2v) is 4.99. The van der Waals surface area contributed by atoms with E-state index in [4.69, 9.17) is 16.0 Å². The molecule has 2 aromatic rings. The van der Waals surface area contributed by atoms with Crippen molar-refractivity contribution >= 4 is 11.6 Å². The molecule has 1 aromatic heterocycles. The van der Waals surface area contributed by atoms with Gasteiger partial charge in [0.15, 0.2) is 11.7 Å². The molecule has 19 heavy (non-hydrogen) atoms. The molecular weight excluding hydrogens is 260 g/mol. The molecule has 0 atom stereocenters. The largest absolute Gasteiger partial charge is 0.441 e. The normalized spacial score (nSPS) is 10.9. The monoisotopic (exact) mass is 278 g/mol. The lowest BCUT2D eigenvalue weighted by molar-refractivity contribution is 0.495. The third kappa shape index (κ3) is 3.82. The number of hydrogen-bond donors (Lipinski definition) is 1. The highest BCUT2D eigenvalue weighted by molar-refractivity contribution is 6.31. The summed E-state index contributed by atoms with van der Waals surface area (Å²) in [5, 5.41) is 4.08. The fourth-order valence-corrected chi connectivity index (χ4v) is 1.98. The lowest BCUT2D eigenvalue weighted by atomic mass is 10.1. The third-order valence-corrected chi connectivity index (χ3v) is 3.36. The molecule has 1 heterocycles. The average Bonchev–Trinajstić information content (AvgIpc) is 2.87. The molecule has 3 nitrogen and oxygen atoms in total. The second-order valence-electron chi connectivity index (χ2n) is 4.58. The van der Waals surface area contributed by atoms with Gasteiger partial charge in [0.25, 0.3) is 0 Å². The van der Waals surface area contributed by atoms with Crippen molar-refractivity contribution in [3.8, 4) is 11.3 Å². The number of nitrogens with zero attached hydrogens (tertiary/aromatic N) is 1. The first-order valence-electron chi connectivity index (χ1n) is 6.62. The summed E-state index contributed by atoms with van der Waals surface area (Å²) in [5.74, 6) is 1.53. The molecule has 1 N–H and O–H groups in total. The molecule has 0 saturated carbocycles. The van der Waals surface area contributed by atoms with Crippen LogP contribution in [0.4, 0.5) is 0 Å². The Morgan fingerprint density at radius 1 is 1.32 bits per heavy atom. The SMILES string of the molecule is CCCNCCc1ncc(-c2ccc(C)c(Cl)c2)o1. The molecule has 1 aromatic carbocycles. The van der Waals surface area contributed by atoms with E-state index in [1.54, 1.807) is 6.20 Å². The summed E-state index contributed by atoms with van der Waals surface area (Å²) < 4.78 is 5.74. The van der Waals surface area contributed by atoms with Gasteiger partial charge in [0, 0.05) is 23.6 Å². The zero-order valence-electron chi connectivity index (χ0n) is 11.4. The number of nitrogens with one attached hydrogen (secondary N) is 1. The van der Waals surface area contributed by atoms with Gasteiger partial charge >= 0.3 is 0 Å². The van der Waals surface area contributed by atoms with E-state index in [0.29, 0.717) is 0 Å². The first kappa shape index (κ1) is 14.1. The van der Waals surface area contributed by atoms with Gasteiger partial charge in [-0.05, 0) is 31.5 Å². The van der Waals surface area contributed by atoms with Gasteiger partial charge < -0.3 is 9.73 Å². The van der Waals surface area contributed by atoms with Crippen LogP contribution in [0.15, 0.2) is 28.8 Å². The Hall–Kier alpha value is -1.32. The van der Waals surface area contributed by atoms with E-state index in [-0.39, 0.29) is 0 Å². The number of aryl methyl sites for hydroxylation is 1. The second kappa shape index (κ2) is 6.73. The van der Waals surface area contributed by atoms with E-state index in [9.17, 15) is 0 Å². The maximum atomic E-state index is 6.12. The number of oxazole rings is 1. The molecular formula is C15H19ClN2O. The van der Waals surface area contributed by atoms with Crippen LogP contribution >= 0.6 is 11.6 Å². The molecule has 0 amide bonds. The van der Waals surface area contributed by atoms with Crippen molar-refractivity contribution in [3.63, 3.8) is 0 Å². The zero-order valence-corrected chi connectivity index (χ0v) is 12.1. The van der Waals surface area contributed by atoms with Crippen LogP contribution in [0.2, 0.25) is 5.02 Å². The summed E-state index contributed by atoms with van der Waals surface area (Å²) in [6.45, 7) is 6.05. The zero-order chi connectivity index (χ0) is 13.7. The molecule has 0 fully saturated rings. The highest BCUT2D eigenvalue weighted by atomic mass is 35.5. The highest BCUT2D eigenvalue weighted by Gasteiger charge is 2.07. The fourth-order valence-electron chi connectivity index (χ4n) is 1.80. The van der Waals surface area contributed by atoms with E-state index in [0.717, 1.165) is 53.7 Å². The summed E-state index contributed by atoms with van der Waals surface area (Å²) in [6.07, 6.45) is 3.70. The van der Waals surface area contributed by atoms with Crippen LogP contribution in [0, 0.1) is 6.92 Å². The lowest BCUT2D eigenvalue weighted by Gasteiger charge is -2.01. The minimum Gasteiger partial charge on any atom is -0.441 e. The Morgan fingerprint density at radius 3 is 2.89 bits per heavy atom. The maximum Gasteiger partial charge on any atom is 0.196 e. The van der Waals surface area contributed by atoms with Crippen LogP contribution < -0.4 is 5.32 Å². The van der Waals surface area contributed by atoms with Gasteiger partial charge in [-0.15, -0.1) is 0 Å². The van der Waals surface area contributed by atoms with E-state index in [1.807, 2.05) is 25.1 Å². The molecule has 102 valence electrons. The minimum absolute atomic E-state index is 0.750. The molecule has 0 aliphatic heterocycles. The van der Waals surface area contributed by atoms with Gasteiger partial charge in [-0.1, -0.05) is 30.7 Å². The van der Waals surface area contributed by atoms with E-state index in [2.05, 4.69) is 17.2 Å². The number of benzene rings is 1. The van der Waals surface area contributed by atoms with Crippen molar-refractivity contribution in [1.82, 2.24) is 10.3 Å². The van der Waals surface area contributed by atoms with Crippen LogP contribution in [0.1, 0.15) is 24.8 Å². The maximum absolute atomic E-state index is 6.12. The molecule has 0 aliphatic carbocycles. The van der Waals surface area contributed by atoms with Crippen LogP contribution in [-0.2, 0) is 6.42 Å². The Balaban J connectivity index is 2.01. The van der Waals surface area contributed by atoms with Crippen LogP contribution in [-0.4, -0.2) is 18.1 Å². The van der Waals surface area contributed by atoms with Gasteiger partial charge in [0.2, 0.25) is 0 Å². The Bertz CT molecular complexity index is 537. The predicted octanol–water partition coefficient (Wildman–Crippen LogP) is 3.85. The summed E-state index contributed by atoms with van der Waals surface area (Å²) in [5.41, 5.74) is 2.03. The van der Waals surface area contributed by atoms with Gasteiger partial charge in [-0.3, -0.25) is 0 Å².